The molecule has 2 N–H and O–H groups in total. The number of anilines is 3. The zero-order valence-corrected chi connectivity index (χ0v) is 17.0. The highest BCUT2D eigenvalue weighted by Gasteiger charge is 2.14. The molecule has 7 nitrogen and oxygen atoms in total. The predicted molar refractivity (Wildman–Crippen MR) is 114 cm³/mol. The number of amides is 1. The normalized spacial score (nSPS) is 13.8. The molecule has 2 heterocycles. The minimum Gasteiger partial charge on any atom is -0.372 e. The van der Waals surface area contributed by atoms with Crippen LogP contribution in [0, 0.1) is 6.92 Å². The van der Waals surface area contributed by atoms with Crippen LogP contribution in [-0.4, -0.2) is 61.0 Å². The monoisotopic (exact) mass is 382 g/mol. The van der Waals surface area contributed by atoms with E-state index in [0.29, 0.717) is 11.6 Å². The van der Waals surface area contributed by atoms with Gasteiger partial charge in [0, 0.05) is 36.7 Å². The molecular formula is C21H30N6O. The Morgan fingerprint density at radius 1 is 1.14 bits per heavy atom. The molecule has 0 unspecified atom stereocenters. The summed E-state index contributed by atoms with van der Waals surface area (Å²) in [6.45, 7) is 5.83. The van der Waals surface area contributed by atoms with E-state index in [1.165, 1.54) is 18.5 Å². The van der Waals surface area contributed by atoms with Crippen LogP contribution >= 0.6 is 0 Å². The number of aryl methyl sites for hydroxylation is 1. The average molecular weight is 383 g/mol. The first kappa shape index (κ1) is 20.1. The van der Waals surface area contributed by atoms with Gasteiger partial charge in [-0.1, -0.05) is 0 Å². The van der Waals surface area contributed by atoms with Crippen molar-refractivity contribution in [2.45, 2.75) is 26.2 Å². The van der Waals surface area contributed by atoms with Gasteiger partial charge >= 0.3 is 0 Å². The van der Waals surface area contributed by atoms with E-state index >= 15 is 0 Å². The summed E-state index contributed by atoms with van der Waals surface area (Å²) in [4.78, 5) is 25.9. The van der Waals surface area contributed by atoms with Crippen LogP contribution in [0.25, 0.3) is 0 Å². The lowest BCUT2D eigenvalue weighted by molar-refractivity contribution is 0.102. The smallest absolute Gasteiger partial charge is 0.274 e. The number of carbonyl (C=O) groups is 1. The fourth-order valence-electron chi connectivity index (χ4n) is 3.29. The Balaban J connectivity index is 1.60. The Bertz CT molecular complexity index is 784. The van der Waals surface area contributed by atoms with Gasteiger partial charge in [-0.3, -0.25) is 4.79 Å². The van der Waals surface area contributed by atoms with Gasteiger partial charge in [0.15, 0.2) is 0 Å². The SMILES string of the molecule is Cc1cc(C(=O)Nc2ccc(N3CCCC3)cc2)nc(NCCCN(C)C)n1. The van der Waals surface area contributed by atoms with Gasteiger partial charge in [-0.25, -0.2) is 9.97 Å². The number of benzene rings is 1. The summed E-state index contributed by atoms with van der Waals surface area (Å²) in [5, 5.41) is 6.13. The van der Waals surface area contributed by atoms with Crippen molar-refractivity contribution in [3.63, 3.8) is 0 Å². The highest BCUT2D eigenvalue weighted by molar-refractivity contribution is 6.03. The summed E-state index contributed by atoms with van der Waals surface area (Å²) in [5.74, 6) is 0.268. The van der Waals surface area contributed by atoms with E-state index in [4.69, 9.17) is 0 Å². The van der Waals surface area contributed by atoms with Crippen molar-refractivity contribution in [3.8, 4) is 0 Å². The zero-order chi connectivity index (χ0) is 19.9. The lowest BCUT2D eigenvalue weighted by Crippen LogP contribution is -2.19. The molecule has 28 heavy (non-hydrogen) atoms. The first-order chi connectivity index (χ1) is 13.5. The van der Waals surface area contributed by atoms with Crippen molar-refractivity contribution in [2.75, 3.05) is 55.8 Å². The highest BCUT2D eigenvalue weighted by Crippen LogP contribution is 2.22. The Morgan fingerprint density at radius 2 is 1.86 bits per heavy atom. The second kappa shape index (κ2) is 9.50. The maximum absolute atomic E-state index is 12.6. The van der Waals surface area contributed by atoms with E-state index in [2.05, 4.69) is 42.5 Å². The fourth-order valence-corrected chi connectivity index (χ4v) is 3.29. The Labute approximate surface area is 167 Å². The third kappa shape index (κ3) is 5.66. The molecule has 0 radical (unpaired) electrons. The number of nitrogens with zero attached hydrogens (tertiary/aromatic N) is 4. The molecular weight excluding hydrogens is 352 g/mol. The molecule has 1 saturated heterocycles. The van der Waals surface area contributed by atoms with Crippen LogP contribution < -0.4 is 15.5 Å². The first-order valence-electron chi connectivity index (χ1n) is 9.92. The lowest BCUT2D eigenvalue weighted by atomic mass is 10.2. The quantitative estimate of drug-likeness (QED) is 0.684. The van der Waals surface area contributed by atoms with Crippen LogP contribution in [0.1, 0.15) is 35.4 Å². The summed E-state index contributed by atoms with van der Waals surface area (Å²) in [6.07, 6.45) is 3.48. The van der Waals surface area contributed by atoms with Crippen LogP contribution in [0.15, 0.2) is 30.3 Å². The van der Waals surface area contributed by atoms with Crippen molar-refractivity contribution in [2.24, 2.45) is 0 Å². The van der Waals surface area contributed by atoms with Crippen LogP contribution in [-0.2, 0) is 0 Å². The van der Waals surface area contributed by atoms with Crippen LogP contribution in [0.4, 0.5) is 17.3 Å². The van der Waals surface area contributed by atoms with Gasteiger partial charge in [0.25, 0.3) is 5.91 Å². The summed E-state index contributed by atoms with van der Waals surface area (Å²) in [6, 6.07) is 9.72. The molecule has 0 spiro atoms. The molecule has 7 heteroatoms. The van der Waals surface area contributed by atoms with Gasteiger partial charge < -0.3 is 20.4 Å². The molecule has 0 atom stereocenters. The molecule has 1 aliphatic rings. The van der Waals surface area contributed by atoms with Crippen LogP contribution in [0.2, 0.25) is 0 Å². The number of hydrogen-bond donors (Lipinski definition) is 2. The number of aromatic nitrogens is 2. The van der Waals surface area contributed by atoms with Gasteiger partial charge in [-0.2, -0.15) is 0 Å². The largest absolute Gasteiger partial charge is 0.372 e. The van der Waals surface area contributed by atoms with E-state index in [1.807, 2.05) is 33.2 Å². The number of nitrogens with one attached hydrogen (secondary N) is 2. The van der Waals surface area contributed by atoms with Gasteiger partial charge in [0.2, 0.25) is 5.95 Å². The minimum absolute atomic E-state index is 0.226. The van der Waals surface area contributed by atoms with E-state index in [-0.39, 0.29) is 5.91 Å². The van der Waals surface area contributed by atoms with Gasteiger partial charge in [0.05, 0.1) is 0 Å². The number of hydrogen-bond acceptors (Lipinski definition) is 6. The molecule has 1 amide bonds. The van der Waals surface area contributed by atoms with E-state index in [9.17, 15) is 4.79 Å². The molecule has 1 aromatic heterocycles. The van der Waals surface area contributed by atoms with E-state index in [0.717, 1.165) is 44.0 Å². The molecule has 2 aromatic rings. The zero-order valence-electron chi connectivity index (χ0n) is 17.0. The molecule has 150 valence electrons. The first-order valence-corrected chi connectivity index (χ1v) is 9.92. The van der Waals surface area contributed by atoms with Crippen LogP contribution in [0.5, 0.6) is 0 Å². The third-order valence-corrected chi connectivity index (χ3v) is 4.75. The maximum Gasteiger partial charge on any atom is 0.274 e. The minimum atomic E-state index is -0.226. The lowest BCUT2D eigenvalue weighted by Gasteiger charge is -2.17. The average Bonchev–Trinajstić information content (AvgIpc) is 3.20. The number of carbonyl (C=O) groups excluding carboxylic acids is 1. The van der Waals surface area contributed by atoms with Gasteiger partial charge in [-0.15, -0.1) is 0 Å². The standard InChI is InChI=1S/C21H30N6O/c1-16-15-19(25-21(23-16)22-11-6-12-26(2)3)20(28)24-17-7-9-18(10-8-17)27-13-4-5-14-27/h7-10,15H,4-6,11-14H2,1-3H3,(H,24,28)(H,22,23,25). The van der Waals surface area contributed by atoms with Crippen molar-refractivity contribution in [1.82, 2.24) is 14.9 Å². The molecule has 1 aliphatic heterocycles. The molecule has 3 rings (SSSR count). The van der Waals surface area contributed by atoms with E-state index < -0.39 is 0 Å². The Hall–Kier alpha value is -2.67. The molecule has 0 aliphatic carbocycles. The maximum atomic E-state index is 12.6. The third-order valence-electron chi connectivity index (χ3n) is 4.75. The van der Waals surface area contributed by atoms with Crippen LogP contribution in [0.3, 0.4) is 0 Å². The van der Waals surface area contributed by atoms with E-state index in [1.54, 1.807) is 6.07 Å². The topological polar surface area (TPSA) is 73.4 Å². The second-order valence-electron chi connectivity index (χ2n) is 7.50. The van der Waals surface area contributed by atoms with Crippen molar-refractivity contribution >= 4 is 23.2 Å². The molecule has 0 bridgehead atoms. The Morgan fingerprint density at radius 3 is 2.54 bits per heavy atom. The van der Waals surface area contributed by atoms with Crippen molar-refractivity contribution in [1.29, 1.82) is 0 Å². The van der Waals surface area contributed by atoms with Crippen molar-refractivity contribution in [3.05, 3.63) is 41.7 Å². The van der Waals surface area contributed by atoms with Gasteiger partial charge in [-0.05, 0) is 77.2 Å². The summed E-state index contributed by atoms with van der Waals surface area (Å²) >= 11 is 0. The molecule has 0 saturated carbocycles. The number of rotatable bonds is 8. The summed E-state index contributed by atoms with van der Waals surface area (Å²) in [5.41, 5.74) is 3.10. The highest BCUT2D eigenvalue weighted by atomic mass is 16.1. The van der Waals surface area contributed by atoms with Crippen molar-refractivity contribution < 1.29 is 4.79 Å². The molecule has 1 fully saturated rings. The fraction of sp³-hybridized carbons (Fsp3) is 0.476. The summed E-state index contributed by atoms with van der Waals surface area (Å²) in [7, 11) is 4.09. The molecule has 1 aromatic carbocycles. The second-order valence-corrected chi connectivity index (χ2v) is 7.50. The summed E-state index contributed by atoms with van der Waals surface area (Å²) < 4.78 is 0. The van der Waals surface area contributed by atoms with Gasteiger partial charge in [0.1, 0.15) is 5.69 Å². The Kier molecular flexibility index (Phi) is 6.81. The predicted octanol–water partition coefficient (Wildman–Crippen LogP) is 3.00.